The van der Waals surface area contributed by atoms with E-state index in [1.54, 1.807) is 13.1 Å². The van der Waals surface area contributed by atoms with Crippen molar-refractivity contribution in [2.75, 3.05) is 25.0 Å². The van der Waals surface area contributed by atoms with Crippen molar-refractivity contribution in [1.29, 1.82) is 0 Å². The standard InChI is InChI=1S/C17H23N5O2S2/c1-19-17(20-11-15-7-8-16(25-15)26(18,23)24)21-13-9-10-22(12-13)14-5-3-2-4-6-14/h2-8,13H,9-12H2,1H3,(H2,18,23,24)(H2,19,20,21). The number of para-hydroxylation sites is 1. The molecule has 3 rings (SSSR count). The zero-order chi connectivity index (χ0) is 18.6. The Morgan fingerprint density at radius 2 is 2.08 bits per heavy atom. The maximum atomic E-state index is 11.3. The number of sulfonamides is 1. The van der Waals surface area contributed by atoms with E-state index in [-0.39, 0.29) is 4.21 Å². The zero-order valence-corrected chi connectivity index (χ0v) is 16.2. The second-order valence-electron chi connectivity index (χ2n) is 6.10. The van der Waals surface area contributed by atoms with Crippen LogP contribution in [0.4, 0.5) is 5.69 Å². The average molecular weight is 394 g/mol. The first-order valence-corrected chi connectivity index (χ1v) is 10.7. The highest BCUT2D eigenvalue weighted by Crippen LogP contribution is 2.21. The number of rotatable bonds is 5. The van der Waals surface area contributed by atoms with Crippen molar-refractivity contribution in [3.63, 3.8) is 0 Å². The van der Waals surface area contributed by atoms with Gasteiger partial charge in [0.1, 0.15) is 4.21 Å². The summed E-state index contributed by atoms with van der Waals surface area (Å²) in [5.41, 5.74) is 1.23. The summed E-state index contributed by atoms with van der Waals surface area (Å²) in [5, 5.41) is 11.8. The number of primary sulfonamides is 1. The average Bonchev–Trinajstić information content (AvgIpc) is 3.28. The van der Waals surface area contributed by atoms with Crippen LogP contribution in [-0.4, -0.2) is 40.6 Å². The van der Waals surface area contributed by atoms with Gasteiger partial charge in [0.25, 0.3) is 0 Å². The molecule has 1 aliphatic heterocycles. The van der Waals surface area contributed by atoms with E-state index < -0.39 is 10.0 Å². The highest BCUT2D eigenvalue weighted by molar-refractivity contribution is 7.91. The molecule has 0 spiro atoms. The number of nitrogens with one attached hydrogen (secondary N) is 2. The Kier molecular flexibility index (Phi) is 5.80. The molecule has 2 heterocycles. The van der Waals surface area contributed by atoms with Crippen LogP contribution in [0.3, 0.4) is 0 Å². The summed E-state index contributed by atoms with van der Waals surface area (Å²) < 4.78 is 22.9. The SMILES string of the molecule is CN=C(NCc1ccc(S(N)(=O)=O)s1)NC1CCN(c2ccccc2)C1. The lowest BCUT2D eigenvalue weighted by Gasteiger charge is -2.20. The van der Waals surface area contributed by atoms with Gasteiger partial charge in [-0.05, 0) is 30.7 Å². The number of hydrogen-bond donors (Lipinski definition) is 3. The van der Waals surface area contributed by atoms with Gasteiger partial charge >= 0.3 is 0 Å². The highest BCUT2D eigenvalue weighted by atomic mass is 32.2. The van der Waals surface area contributed by atoms with Crippen LogP contribution in [0.2, 0.25) is 0 Å². The van der Waals surface area contributed by atoms with Crippen LogP contribution >= 0.6 is 11.3 Å². The summed E-state index contributed by atoms with van der Waals surface area (Å²) in [6.45, 7) is 2.41. The summed E-state index contributed by atoms with van der Waals surface area (Å²) in [6.07, 6.45) is 1.03. The number of nitrogens with two attached hydrogens (primary N) is 1. The number of benzene rings is 1. The molecule has 0 radical (unpaired) electrons. The van der Waals surface area contributed by atoms with Gasteiger partial charge in [0.2, 0.25) is 10.0 Å². The molecule has 140 valence electrons. The number of guanidine groups is 1. The molecular formula is C17H23N5O2S2. The lowest BCUT2D eigenvalue weighted by molar-refractivity contribution is 0.600. The second kappa shape index (κ2) is 8.07. The summed E-state index contributed by atoms with van der Waals surface area (Å²) in [6, 6.07) is 14.0. The van der Waals surface area contributed by atoms with E-state index in [0.717, 1.165) is 24.4 Å². The molecule has 4 N–H and O–H groups in total. The van der Waals surface area contributed by atoms with Crippen molar-refractivity contribution in [3.05, 3.63) is 47.3 Å². The molecule has 1 atom stereocenters. The van der Waals surface area contributed by atoms with Crippen molar-refractivity contribution >= 4 is 33.0 Å². The van der Waals surface area contributed by atoms with Crippen molar-refractivity contribution in [2.45, 2.75) is 23.2 Å². The first-order valence-electron chi connectivity index (χ1n) is 8.34. The number of thiophene rings is 1. The van der Waals surface area contributed by atoms with Gasteiger partial charge in [-0.25, -0.2) is 13.6 Å². The maximum Gasteiger partial charge on any atom is 0.247 e. The molecule has 1 saturated heterocycles. The van der Waals surface area contributed by atoms with Gasteiger partial charge in [0, 0.05) is 36.7 Å². The Hall–Kier alpha value is -2.10. The van der Waals surface area contributed by atoms with E-state index in [1.807, 2.05) is 18.2 Å². The van der Waals surface area contributed by atoms with Crippen LogP contribution in [0.15, 0.2) is 51.7 Å². The molecule has 9 heteroatoms. The fraction of sp³-hybridized carbons (Fsp3) is 0.353. The zero-order valence-electron chi connectivity index (χ0n) is 14.6. The number of nitrogens with zero attached hydrogens (tertiary/aromatic N) is 2. The molecule has 1 aromatic carbocycles. The van der Waals surface area contributed by atoms with E-state index in [1.165, 1.54) is 23.1 Å². The minimum absolute atomic E-state index is 0.173. The summed E-state index contributed by atoms with van der Waals surface area (Å²) >= 11 is 1.17. The van der Waals surface area contributed by atoms with E-state index in [9.17, 15) is 8.42 Å². The van der Waals surface area contributed by atoms with Crippen LogP contribution in [0.25, 0.3) is 0 Å². The largest absolute Gasteiger partial charge is 0.369 e. The fourth-order valence-corrected chi connectivity index (χ4v) is 4.63. The molecule has 0 aliphatic carbocycles. The van der Waals surface area contributed by atoms with Gasteiger partial charge < -0.3 is 15.5 Å². The molecule has 26 heavy (non-hydrogen) atoms. The smallest absolute Gasteiger partial charge is 0.247 e. The van der Waals surface area contributed by atoms with E-state index in [2.05, 4.69) is 32.7 Å². The molecule has 1 unspecified atom stereocenters. The Bertz CT molecular complexity index is 864. The Labute approximate surface area is 158 Å². The third-order valence-corrected chi connectivity index (χ3v) is 6.75. The van der Waals surface area contributed by atoms with Gasteiger partial charge in [-0.15, -0.1) is 11.3 Å². The molecule has 7 nitrogen and oxygen atoms in total. The number of anilines is 1. The predicted molar refractivity (Wildman–Crippen MR) is 106 cm³/mol. The van der Waals surface area contributed by atoms with Crippen LogP contribution in [0.5, 0.6) is 0 Å². The minimum Gasteiger partial charge on any atom is -0.369 e. The topological polar surface area (TPSA) is 99.8 Å². The van der Waals surface area contributed by atoms with Crippen molar-refractivity contribution in [3.8, 4) is 0 Å². The third-order valence-electron chi connectivity index (χ3n) is 4.22. The third kappa shape index (κ3) is 4.75. The Morgan fingerprint density at radius 1 is 1.31 bits per heavy atom. The molecular weight excluding hydrogens is 370 g/mol. The quantitative estimate of drug-likeness (QED) is 0.526. The van der Waals surface area contributed by atoms with Crippen LogP contribution in [-0.2, 0) is 16.6 Å². The molecule has 1 aromatic heterocycles. The van der Waals surface area contributed by atoms with E-state index in [0.29, 0.717) is 18.5 Å². The molecule has 1 aliphatic rings. The normalized spacial score (nSPS) is 18.2. The van der Waals surface area contributed by atoms with E-state index >= 15 is 0 Å². The highest BCUT2D eigenvalue weighted by Gasteiger charge is 2.23. The van der Waals surface area contributed by atoms with Crippen molar-refractivity contribution < 1.29 is 8.42 Å². The minimum atomic E-state index is -3.64. The maximum absolute atomic E-state index is 11.3. The van der Waals surface area contributed by atoms with Gasteiger partial charge in [-0.2, -0.15) is 0 Å². The molecule has 1 fully saturated rings. The van der Waals surface area contributed by atoms with Crippen molar-refractivity contribution in [1.82, 2.24) is 10.6 Å². The van der Waals surface area contributed by atoms with Crippen LogP contribution in [0.1, 0.15) is 11.3 Å². The van der Waals surface area contributed by atoms with Gasteiger partial charge in [-0.1, -0.05) is 18.2 Å². The van der Waals surface area contributed by atoms with Gasteiger partial charge in [-0.3, -0.25) is 4.99 Å². The number of hydrogen-bond acceptors (Lipinski definition) is 5. The molecule has 0 amide bonds. The first kappa shape index (κ1) is 18.7. The van der Waals surface area contributed by atoms with Crippen LogP contribution in [0, 0.1) is 0 Å². The second-order valence-corrected chi connectivity index (χ2v) is 9.06. The fourth-order valence-electron chi connectivity index (χ4n) is 2.92. The number of aliphatic imine (C=N–C) groups is 1. The molecule has 0 bridgehead atoms. The molecule has 2 aromatic rings. The Morgan fingerprint density at radius 3 is 2.73 bits per heavy atom. The first-order chi connectivity index (χ1) is 12.5. The van der Waals surface area contributed by atoms with Crippen LogP contribution < -0.4 is 20.7 Å². The Balaban J connectivity index is 1.52. The van der Waals surface area contributed by atoms with E-state index in [4.69, 9.17) is 5.14 Å². The van der Waals surface area contributed by atoms with Gasteiger partial charge in [0.15, 0.2) is 5.96 Å². The predicted octanol–water partition coefficient (Wildman–Crippen LogP) is 1.34. The summed E-state index contributed by atoms with van der Waals surface area (Å²) in [4.78, 5) is 7.49. The molecule has 0 saturated carbocycles. The lowest BCUT2D eigenvalue weighted by atomic mass is 10.3. The van der Waals surface area contributed by atoms with Gasteiger partial charge in [0.05, 0.1) is 6.54 Å². The lowest BCUT2D eigenvalue weighted by Crippen LogP contribution is -2.44. The summed E-state index contributed by atoms with van der Waals surface area (Å²) in [5.74, 6) is 0.704. The summed E-state index contributed by atoms with van der Waals surface area (Å²) in [7, 11) is -1.91. The van der Waals surface area contributed by atoms with Crippen molar-refractivity contribution in [2.24, 2.45) is 10.1 Å². The monoisotopic (exact) mass is 393 g/mol.